The maximum atomic E-state index is 13.6. The summed E-state index contributed by atoms with van der Waals surface area (Å²) in [7, 11) is 0. The number of nitrogens with zero attached hydrogens (tertiary/aromatic N) is 3. The Morgan fingerprint density at radius 1 is 0.923 bits per heavy atom. The zero-order valence-corrected chi connectivity index (χ0v) is 22.0. The van der Waals surface area contributed by atoms with Gasteiger partial charge >= 0.3 is 0 Å². The van der Waals surface area contributed by atoms with Gasteiger partial charge in [-0.2, -0.15) is 0 Å². The van der Waals surface area contributed by atoms with Crippen molar-refractivity contribution in [3.05, 3.63) is 118 Å². The lowest BCUT2D eigenvalue weighted by atomic mass is 10.1. The van der Waals surface area contributed by atoms with Gasteiger partial charge < -0.3 is 14.8 Å². The molecule has 2 amide bonds. The molecule has 0 aliphatic carbocycles. The van der Waals surface area contributed by atoms with Crippen LogP contribution in [0.3, 0.4) is 0 Å². The largest absolute Gasteiger partial charge is 0.361 e. The molecule has 4 aromatic rings. The molecule has 0 aliphatic heterocycles. The Bertz CT molecular complexity index is 1440. The van der Waals surface area contributed by atoms with Crippen molar-refractivity contribution < 1.29 is 14.5 Å². The van der Waals surface area contributed by atoms with Crippen molar-refractivity contribution in [3.63, 3.8) is 0 Å². The summed E-state index contributed by atoms with van der Waals surface area (Å²) in [5.74, 6) is -0.399. The van der Waals surface area contributed by atoms with E-state index >= 15 is 0 Å². The molecule has 0 bridgehead atoms. The molecule has 0 atom stereocenters. The first-order valence-corrected chi connectivity index (χ1v) is 13.0. The number of aromatic amines is 1. The summed E-state index contributed by atoms with van der Waals surface area (Å²) in [5.41, 5.74) is 3.89. The van der Waals surface area contributed by atoms with Crippen molar-refractivity contribution in [2.24, 2.45) is 0 Å². The van der Waals surface area contributed by atoms with Gasteiger partial charge in [0.25, 0.3) is 5.69 Å². The van der Waals surface area contributed by atoms with Crippen LogP contribution < -0.4 is 0 Å². The van der Waals surface area contributed by atoms with Gasteiger partial charge in [-0.3, -0.25) is 19.7 Å². The number of hydrogen-bond donors (Lipinski definition) is 1. The molecule has 0 saturated heterocycles. The number of H-pyrrole nitrogens is 1. The van der Waals surface area contributed by atoms with E-state index in [0.29, 0.717) is 38.0 Å². The van der Waals surface area contributed by atoms with Gasteiger partial charge in [0.05, 0.1) is 4.92 Å². The third kappa shape index (κ3) is 7.41. The average molecular weight is 525 g/mol. The molecule has 1 aromatic heterocycles. The van der Waals surface area contributed by atoms with Crippen molar-refractivity contribution in [2.45, 2.75) is 26.3 Å². The standard InChI is InChI=1S/C31H32N4O4/c1-2-19-33(30(36)17-14-24-12-15-27(16-13-24)35(38)39)23-31(37)34(22-25-8-4-3-5-9-25)20-18-26-21-32-29-11-7-6-10-28(26)29/h3-17,21,32H,2,18-20,22-23H2,1H3/b17-14+. The van der Waals surface area contributed by atoms with Crippen molar-refractivity contribution in [1.82, 2.24) is 14.8 Å². The number of benzene rings is 3. The van der Waals surface area contributed by atoms with E-state index in [9.17, 15) is 19.7 Å². The van der Waals surface area contributed by atoms with Crippen molar-refractivity contribution in [1.29, 1.82) is 0 Å². The zero-order chi connectivity index (χ0) is 27.6. The first kappa shape index (κ1) is 27.3. The molecule has 1 heterocycles. The minimum absolute atomic E-state index is 0.0113. The van der Waals surface area contributed by atoms with Crippen LogP contribution >= 0.6 is 0 Å². The van der Waals surface area contributed by atoms with Crippen LogP contribution in [0.25, 0.3) is 17.0 Å². The maximum absolute atomic E-state index is 13.6. The number of aromatic nitrogens is 1. The number of nitro benzene ring substituents is 1. The predicted octanol–water partition coefficient (Wildman–Crippen LogP) is 5.60. The monoisotopic (exact) mass is 524 g/mol. The second kappa shape index (κ2) is 13.2. The average Bonchev–Trinajstić information content (AvgIpc) is 3.37. The minimum Gasteiger partial charge on any atom is -0.361 e. The normalized spacial score (nSPS) is 11.1. The van der Waals surface area contributed by atoms with Gasteiger partial charge in [0.2, 0.25) is 11.8 Å². The Morgan fingerprint density at radius 2 is 1.64 bits per heavy atom. The highest BCUT2D eigenvalue weighted by molar-refractivity contribution is 5.94. The topological polar surface area (TPSA) is 99.6 Å². The van der Waals surface area contributed by atoms with Gasteiger partial charge in [-0.1, -0.05) is 55.5 Å². The second-order valence-corrected chi connectivity index (χ2v) is 9.35. The number of hydrogen-bond acceptors (Lipinski definition) is 4. The van der Waals surface area contributed by atoms with Crippen LogP contribution in [0.2, 0.25) is 0 Å². The molecule has 0 saturated carbocycles. The summed E-state index contributed by atoms with van der Waals surface area (Å²) < 4.78 is 0. The van der Waals surface area contributed by atoms with E-state index in [1.165, 1.54) is 18.2 Å². The van der Waals surface area contributed by atoms with Crippen molar-refractivity contribution in [3.8, 4) is 0 Å². The predicted molar refractivity (Wildman–Crippen MR) is 153 cm³/mol. The van der Waals surface area contributed by atoms with Gasteiger partial charge in [-0.05, 0) is 53.8 Å². The Morgan fingerprint density at radius 3 is 2.36 bits per heavy atom. The Hall–Kier alpha value is -4.72. The van der Waals surface area contributed by atoms with Crippen LogP contribution in [0.5, 0.6) is 0 Å². The summed E-state index contributed by atoms with van der Waals surface area (Å²) in [4.78, 5) is 43.7. The van der Waals surface area contributed by atoms with Crippen LogP contribution in [0.4, 0.5) is 5.69 Å². The fourth-order valence-electron chi connectivity index (χ4n) is 4.47. The fourth-order valence-corrected chi connectivity index (χ4v) is 4.47. The Kier molecular flexibility index (Phi) is 9.24. The molecular formula is C31H32N4O4. The van der Waals surface area contributed by atoms with Crippen molar-refractivity contribution in [2.75, 3.05) is 19.6 Å². The molecule has 0 radical (unpaired) electrons. The Labute approximate surface area is 227 Å². The highest BCUT2D eigenvalue weighted by Crippen LogP contribution is 2.19. The minimum atomic E-state index is -0.465. The number of amides is 2. The summed E-state index contributed by atoms with van der Waals surface area (Å²) in [6, 6.07) is 23.9. The van der Waals surface area contributed by atoms with E-state index in [4.69, 9.17) is 0 Å². The van der Waals surface area contributed by atoms with Crippen LogP contribution in [-0.4, -0.2) is 51.2 Å². The first-order chi connectivity index (χ1) is 18.9. The summed E-state index contributed by atoms with van der Waals surface area (Å²) in [6.07, 6.45) is 6.41. The molecule has 39 heavy (non-hydrogen) atoms. The number of carbonyl (C=O) groups excluding carboxylic acids is 2. The second-order valence-electron chi connectivity index (χ2n) is 9.35. The number of rotatable bonds is 12. The number of carbonyl (C=O) groups is 2. The molecule has 8 heteroatoms. The molecule has 1 N–H and O–H groups in total. The van der Waals surface area contributed by atoms with Crippen LogP contribution in [0, 0.1) is 10.1 Å². The summed E-state index contributed by atoms with van der Waals surface area (Å²) in [6.45, 7) is 3.34. The van der Waals surface area contributed by atoms with Gasteiger partial charge in [0.1, 0.15) is 6.54 Å². The van der Waals surface area contributed by atoms with Crippen LogP contribution in [-0.2, 0) is 22.6 Å². The molecule has 0 fully saturated rings. The van der Waals surface area contributed by atoms with Crippen molar-refractivity contribution >= 4 is 34.5 Å². The molecule has 3 aromatic carbocycles. The van der Waals surface area contributed by atoms with Gasteiger partial charge in [-0.25, -0.2) is 0 Å². The highest BCUT2D eigenvalue weighted by Gasteiger charge is 2.20. The van der Waals surface area contributed by atoms with E-state index in [2.05, 4.69) is 11.1 Å². The number of fused-ring (bicyclic) bond motifs is 1. The number of nitrogens with one attached hydrogen (secondary N) is 1. The van der Waals surface area contributed by atoms with E-state index < -0.39 is 4.92 Å². The zero-order valence-electron chi connectivity index (χ0n) is 22.0. The van der Waals surface area contributed by atoms with E-state index in [0.717, 1.165) is 22.0 Å². The Balaban J connectivity index is 1.47. The highest BCUT2D eigenvalue weighted by atomic mass is 16.6. The third-order valence-corrected chi connectivity index (χ3v) is 6.55. The fraction of sp³-hybridized carbons (Fsp3) is 0.226. The molecule has 4 rings (SSSR count). The smallest absolute Gasteiger partial charge is 0.269 e. The van der Waals surface area contributed by atoms with E-state index in [1.807, 2.05) is 66.6 Å². The van der Waals surface area contributed by atoms with Crippen LogP contribution in [0.1, 0.15) is 30.0 Å². The van der Waals surface area contributed by atoms with Crippen LogP contribution in [0.15, 0.2) is 91.1 Å². The quantitative estimate of drug-likeness (QED) is 0.148. The molecule has 0 spiro atoms. The van der Waals surface area contributed by atoms with E-state index in [-0.39, 0.29) is 24.0 Å². The SMILES string of the molecule is CCCN(CC(=O)N(CCc1c[nH]c2ccccc12)Cc1ccccc1)C(=O)/C=C/c1ccc([N+](=O)[O-])cc1. The first-order valence-electron chi connectivity index (χ1n) is 13.0. The lowest BCUT2D eigenvalue weighted by Crippen LogP contribution is -2.43. The molecule has 0 unspecified atom stereocenters. The van der Waals surface area contributed by atoms with Gasteiger partial charge in [-0.15, -0.1) is 0 Å². The number of nitro groups is 1. The molecule has 200 valence electrons. The lowest BCUT2D eigenvalue weighted by molar-refractivity contribution is -0.384. The maximum Gasteiger partial charge on any atom is 0.269 e. The summed E-state index contributed by atoms with van der Waals surface area (Å²) in [5, 5.41) is 12.0. The third-order valence-electron chi connectivity index (χ3n) is 6.55. The van der Waals surface area contributed by atoms with Gasteiger partial charge in [0, 0.05) is 54.9 Å². The molecule has 0 aliphatic rings. The summed E-state index contributed by atoms with van der Waals surface area (Å²) >= 11 is 0. The number of non-ortho nitro benzene ring substituents is 1. The molecule has 8 nitrogen and oxygen atoms in total. The number of para-hydroxylation sites is 1. The van der Waals surface area contributed by atoms with Gasteiger partial charge in [0.15, 0.2) is 0 Å². The van der Waals surface area contributed by atoms with E-state index in [1.54, 1.807) is 23.1 Å². The molecular weight excluding hydrogens is 492 g/mol. The lowest BCUT2D eigenvalue weighted by Gasteiger charge is -2.27.